The molecule has 0 unspecified atom stereocenters. The van der Waals surface area contributed by atoms with Crippen LogP contribution in [0.2, 0.25) is 0 Å². The standard InChI is InChI=1S/C11H13BrN4O/c1-3-17-11-8(7-16(2)15-11)4-10-13-5-9(12)6-14-10/h5-7H,3-4H2,1-2H3. The first kappa shape index (κ1) is 12.0. The number of ether oxygens (including phenoxy) is 1. The van der Waals surface area contributed by atoms with E-state index in [0.29, 0.717) is 18.9 Å². The third-order valence-electron chi connectivity index (χ3n) is 2.17. The van der Waals surface area contributed by atoms with E-state index in [1.165, 1.54) is 0 Å². The lowest BCUT2D eigenvalue weighted by molar-refractivity contribution is 0.320. The van der Waals surface area contributed by atoms with Gasteiger partial charge < -0.3 is 4.74 Å². The van der Waals surface area contributed by atoms with Gasteiger partial charge in [0, 0.05) is 37.6 Å². The third kappa shape index (κ3) is 3.03. The number of hydrogen-bond acceptors (Lipinski definition) is 4. The van der Waals surface area contributed by atoms with Gasteiger partial charge in [0.1, 0.15) is 5.82 Å². The van der Waals surface area contributed by atoms with Gasteiger partial charge in [-0.05, 0) is 22.9 Å². The number of rotatable bonds is 4. The second kappa shape index (κ2) is 5.27. The van der Waals surface area contributed by atoms with Crippen molar-refractivity contribution in [2.45, 2.75) is 13.3 Å². The van der Waals surface area contributed by atoms with Gasteiger partial charge in [-0.3, -0.25) is 4.68 Å². The van der Waals surface area contributed by atoms with Gasteiger partial charge in [-0.15, -0.1) is 5.10 Å². The van der Waals surface area contributed by atoms with E-state index in [0.717, 1.165) is 15.9 Å². The maximum atomic E-state index is 5.46. The van der Waals surface area contributed by atoms with E-state index in [2.05, 4.69) is 31.0 Å². The molecule has 2 aromatic rings. The van der Waals surface area contributed by atoms with E-state index in [-0.39, 0.29) is 0 Å². The van der Waals surface area contributed by atoms with Crippen LogP contribution in [0, 0.1) is 0 Å². The SMILES string of the molecule is CCOc1nn(C)cc1Cc1ncc(Br)cn1. The van der Waals surface area contributed by atoms with Crippen molar-refractivity contribution in [3.05, 3.63) is 34.5 Å². The molecule has 0 N–H and O–H groups in total. The Morgan fingerprint density at radius 1 is 1.35 bits per heavy atom. The summed E-state index contributed by atoms with van der Waals surface area (Å²) in [5.74, 6) is 1.41. The van der Waals surface area contributed by atoms with Gasteiger partial charge in [-0.25, -0.2) is 9.97 Å². The molecule has 0 spiro atoms. The van der Waals surface area contributed by atoms with Crippen LogP contribution < -0.4 is 4.74 Å². The van der Waals surface area contributed by atoms with Crippen molar-refractivity contribution in [2.75, 3.05) is 6.61 Å². The topological polar surface area (TPSA) is 52.8 Å². The predicted molar refractivity (Wildman–Crippen MR) is 66.9 cm³/mol. The van der Waals surface area contributed by atoms with E-state index in [1.807, 2.05) is 20.2 Å². The number of aryl methyl sites for hydroxylation is 1. The van der Waals surface area contributed by atoms with Crippen LogP contribution in [-0.2, 0) is 13.5 Å². The second-order valence-electron chi connectivity index (χ2n) is 3.56. The van der Waals surface area contributed by atoms with Gasteiger partial charge in [-0.1, -0.05) is 0 Å². The van der Waals surface area contributed by atoms with Crippen molar-refractivity contribution >= 4 is 15.9 Å². The Kier molecular flexibility index (Phi) is 3.73. The fourth-order valence-electron chi connectivity index (χ4n) is 1.50. The minimum Gasteiger partial charge on any atom is -0.477 e. The molecule has 0 aliphatic heterocycles. The second-order valence-corrected chi connectivity index (χ2v) is 4.48. The molecule has 6 heteroatoms. The van der Waals surface area contributed by atoms with E-state index >= 15 is 0 Å². The molecule has 0 saturated heterocycles. The van der Waals surface area contributed by atoms with Crippen LogP contribution in [0.3, 0.4) is 0 Å². The zero-order chi connectivity index (χ0) is 12.3. The normalized spacial score (nSPS) is 10.5. The van der Waals surface area contributed by atoms with Gasteiger partial charge in [0.15, 0.2) is 0 Å². The predicted octanol–water partition coefficient (Wildman–Crippen LogP) is 1.96. The molecular weight excluding hydrogens is 284 g/mol. The lowest BCUT2D eigenvalue weighted by atomic mass is 10.2. The highest BCUT2D eigenvalue weighted by molar-refractivity contribution is 9.10. The molecule has 0 aromatic carbocycles. The van der Waals surface area contributed by atoms with Crippen LogP contribution in [-0.4, -0.2) is 26.4 Å². The highest BCUT2D eigenvalue weighted by Crippen LogP contribution is 2.18. The zero-order valence-corrected chi connectivity index (χ0v) is 11.3. The van der Waals surface area contributed by atoms with Crippen molar-refractivity contribution in [1.82, 2.24) is 19.7 Å². The molecule has 5 nitrogen and oxygen atoms in total. The zero-order valence-electron chi connectivity index (χ0n) is 9.72. The van der Waals surface area contributed by atoms with Gasteiger partial charge in [0.05, 0.1) is 11.1 Å². The average molecular weight is 297 g/mol. The first-order valence-electron chi connectivity index (χ1n) is 5.30. The molecule has 90 valence electrons. The molecule has 0 amide bonds. The maximum Gasteiger partial charge on any atom is 0.236 e. The van der Waals surface area contributed by atoms with Crippen molar-refractivity contribution in [3.8, 4) is 5.88 Å². The highest BCUT2D eigenvalue weighted by atomic mass is 79.9. The Balaban J connectivity index is 2.20. The lowest BCUT2D eigenvalue weighted by Gasteiger charge is -2.01. The Labute approximate surface area is 108 Å². The Morgan fingerprint density at radius 3 is 2.71 bits per heavy atom. The Morgan fingerprint density at radius 2 is 2.06 bits per heavy atom. The summed E-state index contributed by atoms with van der Waals surface area (Å²) >= 11 is 3.31. The van der Waals surface area contributed by atoms with E-state index in [4.69, 9.17) is 4.74 Å². The number of nitrogens with zero attached hydrogens (tertiary/aromatic N) is 4. The molecule has 2 aromatic heterocycles. The van der Waals surface area contributed by atoms with Crippen molar-refractivity contribution in [1.29, 1.82) is 0 Å². The number of hydrogen-bond donors (Lipinski definition) is 0. The summed E-state index contributed by atoms with van der Waals surface area (Å²) in [6.07, 6.45) is 6.02. The summed E-state index contributed by atoms with van der Waals surface area (Å²) in [6.45, 7) is 2.54. The fourth-order valence-corrected chi connectivity index (χ4v) is 1.70. The lowest BCUT2D eigenvalue weighted by Crippen LogP contribution is -1.99. The minimum atomic E-state index is 0.602. The van der Waals surface area contributed by atoms with Crippen LogP contribution in [0.25, 0.3) is 0 Å². The molecule has 0 aliphatic carbocycles. The molecule has 2 heterocycles. The molecule has 0 fully saturated rings. The molecule has 0 radical (unpaired) electrons. The smallest absolute Gasteiger partial charge is 0.236 e. The molecule has 0 atom stereocenters. The summed E-state index contributed by atoms with van der Waals surface area (Å²) in [4.78, 5) is 8.47. The molecule has 2 rings (SSSR count). The van der Waals surface area contributed by atoms with Crippen molar-refractivity contribution < 1.29 is 4.74 Å². The summed E-state index contributed by atoms with van der Waals surface area (Å²) < 4.78 is 8.06. The summed E-state index contributed by atoms with van der Waals surface area (Å²) in [7, 11) is 1.87. The third-order valence-corrected chi connectivity index (χ3v) is 2.58. The Bertz CT molecular complexity index is 495. The summed E-state index contributed by atoms with van der Waals surface area (Å²) in [5, 5.41) is 4.24. The first-order chi connectivity index (χ1) is 8.19. The molecule has 17 heavy (non-hydrogen) atoms. The van der Waals surface area contributed by atoms with Crippen molar-refractivity contribution in [3.63, 3.8) is 0 Å². The fraction of sp³-hybridized carbons (Fsp3) is 0.364. The monoisotopic (exact) mass is 296 g/mol. The molecule has 0 saturated carbocycles. The molecule has 0 aliphatic rings. The van der Waals surface area contributed by atoms with Crippen LogP contribution >= 0.6 is 15.9 Å². The van der Waals surface area contributed by atoms with Crippen LogP contribution in [0.4, 0.5) is 0 Å². The molecular formula is C11H13BrN4O. The highest BCUT2D eigenvalue weighted by Gasteiger charge is 2.10. The van der Waals surface area contributed by atoms with Gasteiger partial charge >= 0.3 is 0 Å². The van der Waals surface area contributed by atoms with Gasteiger partial charge in [-0.2, -0.15) is 0 Å². The van der Waals surface area contributed by atoms with Crippen LogP contribution in [0.15, 0.2) is 23.1 Å². The van der Waals surface area contributed by atoms with E-state index in [1.54, 1.807) is 17.1 Å². The maximum absolute atomic E-state index is 5.46. The van der Waals surface area contributed by atoms with Crippen LogP contribution in [0.5, 0.6) is 5.88 Å². The van der Waals surface area contributed by atoms with Crippen molar-refractivity contribution in [2.24, 2.45) is 7.05 Å². The quantitative estimate of drug-likeness (QED) is 0.865. The summed E-state index contributed by atoms with van der Waals surface area (Å²) in [6, 6.07) is 0. The van der Waals surface area contributed by atoms with E-state index < -0.39 is 0 Å². The number of halogens is 1. The first-order valence-corrected chi connectivity index (χ1v) is 6.10. The largest absolute Gasteiger partial charge is 0.477 e. The summed E-state index contributed by atoms with van der Waals surface area (Å²) in [5.41, 5.74) is 0.997. The minimum absolute atomic E-state index is 0.602. The molecule has 0 bridgehead atoms. The average Bonchev–Trinajstić information content (AvgIpc) is 2.63. The van der Waals surface area contributed by atoms with Crippen LogP contribution in [0.1, 0.15) is 18.3 Å². The van der Waals surface area contributed by atoms with E-state index in [9.17, 15) is 0 Å². The van der Waals surface area contributed by atoms with Gasteiger partial charge in [0.25, 0.3) is 0 Å². The Hall–Kier alpha value is -1.43. The van der Waals surface area contributed by atoms with Gasteiger partial charge in [0.2, 0.25) is 5.88 Å². The number of aromatic nitrogens is 4.